The number of hydrogen-bond acceptors (Lipinski definition) is 5. The van der Waals surface area contributed by atoms with Crippen LogP contribution in [-0.2, 0) is 24.0 Å². The van der Waals surface area contributed by atoms with E-state index in [1.807, 2.05) is 63.2 Å². The van der Waals surface area contributed by atoms with E-state index < -0.39 is 11.2 Å². The minimum absolute atomic E-state index is 0.255. The molecule has 0 saturated heterocycles. The van der Waals surface area contributed by atoms with Gasteiger partial charge >= 0.3 is 0 Å². The van der Waals surface area contributed by atoms with Crippen molar-refractivity contribution in [3.05, 3.63) is 92.7 Å². The average molecular weight is 523 g/mol. The van der Waals surface area contributed by atoms with Crippen molar-refractivity contribution in [2.75, 3.05) is 14.2 Å². The highest BCUT2D eigenvalue weighted by atomic mass is 35.5. The first-order valence-corrected chi connectivity index (χ1v) is 12.7. The molecule has 6 heteroatoms. The van der Waals surface area contributed by atoms with Crippen LogP contribution in [0.4, 0.5) is 0 Å². The zero-order chi connectivity index (χ0) is 27.1. The summed E-state index contributed by atoms with van der Waals surface area (Å²) in [4.78, 5) is 0. The van der Waals surface area contributed by atoms with Gasteiger partial charge in [-0.15, -0.1) is 0 Å². The van der Waals surface area contributed by atoms with E-state index in [-0.39, 0.29) is 12.8 Å². The minimum atomic E-state index is -1.31. The number of methoxy groups -OCH3 is 2. The molecule has 3 aromatic carbocycles. The van der Waals surface area contributed by atoms with Crippen LogP contribution in [0.15, 0.2) is 52.9 Å². The number of furan rings is 1. The predicted octanol–water partition coefficient (Wildman–Crippen LogP) is 6.93. The lowest BCUT2D eigenvalue weighted by Gasteiger charge is -2.31. The number of fused-ring (bicyclic) bond motifs is 1. The molecule has 5 nitrogen and oxygen atoms in total. The number of hydrogen-bond donors (Lipinski definition) is 2. The van der Waals surface area contributed by atoms with Gasteiger partial charge in [-0.05, 0) is 70.5 Å². The van der Waals surface area contributed by atoms with Crippen molar-refractivity contribution in [1.29, 1.82) is 0 Å². The lowest BCUT2D eigenvalue weighted by Crippen LogP contribution is -2.28. The minimum Gasteiger partial charge on any atom is -0.497 e. The van der Waals surface area contributed by atoms with Gasteiger partial charge in [-0.2, -0.15) is 0 Å². The first kappa shape index (κ1) is 27.1. The number of ether oxygens (including phenoxy) is 2. The molecule has 2 atom stereocenters. The first-order chi connectivity index (χ1) is 17.3. The maximum Gasteiger partial charge on any atom is 0.137 e. The van der Waals surface area contributed by atoms with Gasteiger partial charge in [-0.25, -0.2) is 0 Å². The summed E-state index contributed by atoms with van der Waals surface area (Å²) in [6, 6.07) is 15.3. The van der Waals surface area contributed by atoms with Crippen LogP contribution in [0.25, 0.3) is 11.0 Å². The van der Waals surface area contributed by atoms with Crippen molar-refractivity contribution in [1.82, 2.24) is 0 Å². The normalized spacial score (nSPS) is 14.9. The molecule has 4 aromatic rings. The molecule has 37 heavy (non-hydrogen) atoms. The molecule has 0 bridgehead atoms. The molecule has 0 spiro atoms. The summed E-state index contributed by atoms with van der Waals surface area (Å²) in [6.07, 6.45) is 0.526. The number of aliphatic hydroxyl groups is 2. The summed E-state index contributed by atoms with van der Waals surface area (Å²) >= 11 is 6.47. The van der Waals surface area contributed by atoms with E-state index in [4.69, 9.17) is 25.5 Å². The molecule has 0 amide bonds. The lowest BCUT2D eigenvalue weighted by molar-refractivity contribution is 0.0506. The van der Waals surface area contributed by atoms with Gasteiger partial charge in [0.25, 0.3) is 0 Å². The second kappa shape index (κ2) is 10.1. The van der Waals surface area contributed by atoms with Crippen molar-refractivity contribution < 1.29 is 24.1 Å². The maximum absolute atomic E-state index is 11.9. The molecule has 0 aliphatic rings. The third-order valence-corrected chi connectivity index (χ3v) is 7.22. The van der Waals surface area contributed by atoms with Crippen molar-refractivity contribution in [3.63, 3.8) is 0 Å². The van der Waals surface area contributed by atoms with Crippen LogP contribution < -0.4 is 9.47 Å². The SMILES string of the molecule is COc1cc(CC(C)(O)c2cc(C)cc(CC(C)(O)c3cc(C)ccc3Cl)c2OC)c2oc(C)cc2c1. The predicted molar refractivity (Wildman–Crippen MR) is 148 cm³/mol. The van der Waals surface area contributed by atoms with Crippen molar-refractivity contribution >= 4 is 22.6 Å². The third kappa shape index (κ3) is 5.49. The van der Waals surface area contributed by atoms with Gasteiger partial charge in [-0.1, -0.05) is 40.9 Å². The van der Waals surface area contributed by atoms with Gasteiger partial charge in [0, 0.05) is 39.9 Å². The zero-order valence-electron chi connectivity index (χ0n) is 22.5. The van der Waals surface area contributed by atoms with E-state index in [9.17, 15) is 10.2 Å². The lowest BCUT2D eigenvalue weighted by atomic mass is 9.82. The van der Waals surface area contributed by atoms with Gasteiger partial charge in [0.2, 0.25) is 0 Å². The van der Waals surface area contributed by atoms with E-state index in [2.05, 4.69) is 0 Å². The van der Waals surface area contributed by atoms with Gasteiger partial charge < -0.3 is 24.1 Å². The standard InChI is InChI=1S/C31H35ClO5/c1-18-8-9-27(32)25(11-18)30(4,33)16-22-10-19(2)12-26(29(22)36-7)31(5,34)17-23-15-24(35-6)14-21-13-20(3)37-28(21)23/h8-15,33-34H,16-17H2,1-7H3. The fraction of sp³-hybridized carbons (Fsp3) is 0.355. The Morgan fingerprint density at radius 3 is 2.11 bits per heavy atom. The maximum atomic E-state index is 11.9. The number of benzene rings is 3. The fourth-order valence-electron chi connectivity index (χ4n) is 5.18. The largest absolute Gasteiger partial charge is 0.497 e. The first-order valence-electron chi connectivity index (χ1n) is 12.3. The van der Waals surface area contributed by atoms with E-state index in [1.165, 1.54) is 0 Å². The average Bonchev–Trinajstić information content (AvgIpc) is 3.20. The molecule has 0 aliphatic carbocycles. The Hall–Kier alpha value is -2.99. The summed E-state index contributed by atoms with van der Waals surface area (Å²) in [7, 11) is 3.21. The van der Waals surface area contributed by atoms with Crippen LogP contribution >= 0.6 is 11.6 Å². The molecule has 0 saturated carbocycles. The Balaban J connectivity index is 1.78. The molecule has 0 radical (unpaired) electrons. The Kier molecular flexibility index (Phi) is 7.35. The van der Waals surface area contributed by atoms with Crippen molar-refractivity contribution in [2.24, 2.45) is 0 Å². The highest BCUT2D eigenvalue weighted by molar-refractivity contribution is 6.31. The number of halogens is 1. The Labute approximate surface area is 223 Å². The zero-order valence-corrected chi connectivity index (χ0v) is 23.3. The molecule has 0 fully saturated rings. The molecule has 1 aromatic heterocycles. The third-order valence-electron chi connectivity index (χ3n) is 6.89. The van der Waals surface area contributed by atoms with Crippen LogP contribution in [0.2, 0.25) is 5.02 Å². The smallest absolute Gasteiger partial charge is 0.137 e. The molecule has 4 rings (SSSR count). The summed E-state index contributed by atoms with van der Waals surface area (Å²) in [5.74, 6) is 2.02. The van der Waals surface area contributed by atoms with E-state index in [0.29, 0.717) is 27.6 Å². The molecule has 2 unspecified atom stereocenters. The van der Waals surface area contributed by atoms with Crippen LogP contribution in [0.5, 0.6) is 11.5 Å². The number of rotatable bonds is 8. The van der Waals surface area contributed by atoms with Crippen LogP contribution in [0, 0.1) is 20.8 Å². The van der Waals surface area contributed by atoms with Crippen LogP contribution in [-0.4, -0.2) is 24.4 Å². The van der Waals surface area contributed by atoms with E-state index >= 15 is 0 Å². The molecule has 0 aliphatic heterocycles. The Morgan fingerprint density at radius 1 is 0.784 bits per heavy atom. The van der Waals surface area contributed by atoms with Crippen molar-refractivity contribution in [3.8, 4) is 11.5 Å². The molecule has 1 heterocycles. The summed E-state index contributed by atoms with van der Waals surface area (Å²) in [5, 5.41) is 24.8. The topological polar surface area (TPSA) is 72.1 Å². The highest BCUT2D eigenvalue weighted by Crippen LogP contribution is 2.41. The Morgan fingerprint density at radius 2 is 1.43 bits per heavy atom. The Bertz CT molecular complexity index is 1450. The highest BCUT2D eigenvalue weighted by Gasteiger charge is 2.33. The number of aryl methyl sites for hydroxylation is 3. The van der Waals surface area contributed by atoms with Gasteiger partial charge in [0.05, 0.1) is 25.4 Å². The second-order valence-corrected chi connectivity index (χ2v) is 10.9. The van der Waals surface area contributed by atoms with Gasteiger partial charge in [-0.3, -0.25) is 0 Å². The second-order valence-electron chi connectivity index (χ2n) is 10.5. The monoisotopic (exact) mass is 522 g/mol. The van der Waals surface area contributed by atoms with Gasteiger partial charge in [0.1, 0.15) is 22.8 Å². The molecular formula is C31H35ClO5. The van der Waals surface area contributed by atoms with E-state index in [1.54, 1.807) is 34.1 Å². The summed E-state index contributed by atoms with van der Waals surface area (Å²) in [6.45, 7) is 9.35. The van der Waals surface area contributed by atoms with E-state index in [0.717, 1.165) is 39.0 Å². The molecule has 196 valence electrons. The van der Waals surface area contributed by atoms with Gasteiger partial charge in [0.15, 0.2) is 0 Å². The quantitative estimate of drug-likeness (QED) is 0.262. The summed E-state index contributed by atoms with van der Waals surface area (Å²) in [5.41, 5.74) is 3.02. The van der Waals surface area contributed by atoms with Crippen molar-refractivity contribution in [2.45, 2.75) is 58.7 Å². The molecule has 2 N–H and O–H groups in total. The van der Waals surface area contributed by atoms with Crippen LogP contribution in [0.1, 0.15) is 53.0 Å². The van der Waals surface area contributed by atoms with Crippen LogP contribution in [0.3, 0.4) is 0 Å². The fourth-order valence-corrected chi connectivity index (χ4v) is 5.50. The summed E-state index contributed by atoms with van der Waals surface area (Å²) < 4.78 is 17.4. The molecular weight excluding hydrogens is 488 g/mol.